The normalized spacial score (nSPS) is 11.3. The Bertz CT molecular complexity index is 1120. The van der Waals surface area contributed by atoms with E-state index in [1.54, 1.807) is 36.4 Å². The second kappa shape index (κ2) is 8.53. The molecule has 0 spiro atoms. The number of anilines is 1. The van der Waals surface area contributed by atoms with Crippen molar-refractivity contribution in [1.82, 2.24) is 0 Å². The van der Waals surface area contributed by atoms with E-state index < -0.39 is 15.0 Å². The number of hydrazone groups is 1. The molecule has 148 valence electrons. The third kappa shape index (κ3) is 5.39. The lowest BCUT2D eigenvalue weighted by molar-refractivity contribution is -0.384. The van der Waals surface area contributed by atoms with Crippen molar-refractivity contribution >= 4 is 27.7 Å². The van der Waals surface area contributed by atoms with Crippen molar-refractivity contribution in [1.29, 1.82) is 0 Å². The Labute approximate surface area is 167 Å². The third-order valence-corrected chi connectivity index (χ3v) is 5.14. The molecule has 29 heavy (non-hydrogen) atoms. The minimum absolute atomic E-state index is 0.00397. The number of nitro benzene ring substituents is 1. The molecule has 1 N–H and O–H groups in total. The van der Waals surface area contributed by atoms with Crippen molar-refractivity contribution in [2.24, 2.45) is 5.10 Å². The van der Waals surface area contributed by atoms with Crippen molar-refractivity contribution in [3.63, 3.8) is 0 Å². The number of benzene rings is 3. The largest absolute Gasteiger partial charge is 0.379 e. The van der Waals surface area contributed by atoms with Crippen LogP contribution in [0, 0.1) is 17.0 Å². The molecule has 0 bridgehead atoms. The molecule has 3 rings (SSSR count). The number of rotatable bonds is 7. The summed E-state index contributed by atoms with van der Waals surface area (Å²) in [4.78, 5) is 10.2. The van der Waals surface area contributed by atoms with Crippen LogP contribution in [0.25, 0.3) is 0 Å². The van der Waals surface area contributed by atoms with Crippen molar-refractivity contribution in [2.75, 3.05) is 5.43 Å². The highest BCUT2D eigenvalue weighted by Gasteiger charge is 2.16. The lowest BCUT2D eigenvalue weighted by Crippen LogP contribution is -2.09. The molecule has 3 aromatic rings. The van der Waals surface area contributed by atoms with E-state index in [0.29, 0.717) is 11.3 Å². The summed E-state index contributed by atoms with van der Waals surface area (Å²) in [5.74, 6) is 0.186. The number of nitro groups is 1. The Morgan fingerprint density at radius 1 is 0.966 bits per heavy atom. The fourth-order valence-corrected chi connectivity index (χ4v) is 3.26. The molecule has 0 saturated carbocycles. The first-order valence-corrected chi connectivity index (χ1v) is 9.89. The van der Waals surface area contributed by atoms with Gasteiger partial charge in [-0.25, -0.2) is 0 Å². The summed E-state index contributed by atoms with van der Waals surface area (Å²) < 4.78 is 29.7. The zero-order valence-electron chi connectivity index (χ0n) is 15.3. The van der Waals surface area contributed by atoms with Crippen LogP contribution in [0.5, 0.6) is 5.75 Å². The molecular weight excluding hydrogens is 394 g/mol. The molecule has 0 aliphatic carbocycles. The summed E-state index contributed by atoms with van der Waals surface area (Å²) in [6.07, 6.45) is 1.53. The van der Waals surface area contributed by atoms with Gasteiger partial charge in [0.25, 0.3) is 5.69 Å². The molecule has 9 heteroatoms. The second-order valence-electron chi connectivity index (χ2n) is 6.09. The van der Waals surface area contributed by atoms with Crippen molar-refractivity contribution in [3.8, 4) is 5.75 Å². The van der Waals surface area contributed by atoms with E-state index in [1.807, 2.05) is 6.92 Å². The molecule has 0 amide bonds. The molecule has 0 heterocycles. The number of nitrogens with one attached hydrogen (secondary N) is 1. The number of non-ortho nitro benzene ring substituents is 1. The van der Waals surface area contributed by atoms with E-state index in [-0.39, 0.29) is 16.3 Å². The first-order chi connectivity index (χ1) is 13.8. The summed E-state index contributed by atoms with van der Waals surface area (Å²) in [5, 5.41) is 14.7. The fourth-order valence-electron chi connectivity index (χ4n) is 2.33. The molecule has 0 unspecified atom stereocenters. The van der Waals surface area contributed by atoms with Crippen LogP contribution in [0.4, 0.5) is 11.4 Å². The molecule has 0 saturated heterocycles. The molecule has 8 nitrogen and oxygen atoms in total. The quantitative estimate of drug-likeness (QED) is 0.271. The smallest absolute Gasteiger partial charge is 0.339 e. The Morgan fingerprint density at radius 3 is 2.17 bits per heavy atom. The van der Waals surface area contributed by atoms with Crippen LogP contribution >= 0.6 is 0 Å². The third-order valence-electron chi connectivity index (χ3n) is 3.88. The SMILES string of the molecule is Cc1ccc(S(=O)(=O)Oc2ccc(C=NNc3ccc([N+](=O)[O-])cc3)cc2)cc1. The van der Waals surface area contributed by atoms with E-state index in [4.69, 9.17) is 4.18 Å². The highest BCUT2D eigenvalue weighted by atomic mass is 32.2. The van der Waals surface area contributed by atoms with Gasteiger partial charge in [-0.05, 0) is 61.0 Å². The van der Waals surface area contributed by atoms with Gasteiger partial charge in [-0.2, -0.15) is 13.5 Å². The molecule has 3 aromatic carbocycles. The zero-order valence-corrected chi connectivity index (χ0v) is 16.2. The number of hydrogen-bond donors (Lipinski definition) is 1. The van der Waals surface area contributed by atoms with Gasteiger partial charge in [0.05, 0.1) is 16.8 Å². The summed E-state index contributed by atoms with van der Waals surface area (Å²) >= 11 is 0. The van der Waals surface area contributed by atoms with Crippen LogP contribution in [0.3, 0.4) is 0 Å². The number of aryl methyl sites for hydroxylation is 1. The molecule has 0 fully saturated rings. The van der Waals surface area contributed by atoms with Gasteiger partial charge >= 0.3 is 10.1 Å². The molecule has 0 radical (unpaired) electrons. The lowest BCUT2D eigenvalue weighted by Gasteiger charge is -2.07. The molecular formula is C20H17N3O5S. The summed E-state index contributed by atoms with van der Waals surface area (Å²) in [5.41, 5.74) is 5.01. The van der Waals surface area contributed by atoms with Gasteiger partial charge in [0.1, 0.15) is 10.6 Å². The first kappa shape index (κ1) is 20.0. The predicted octanol–water partition coefficient (Wildman–Crippen LogP) is 4.12. The number of hydrogen-bond acceptors (Lipinski definition) is 7. The maximum Gasteiger partial charge on any atom is 0.339 e. The molecule has 0 aliphatic heterocycles. The topological polar surface area (TPSA) is 111 Å². The van der Waals surface area contributed by atoms with Gasteiger partial charge in [-0.1, -0.05) is 17.7 Å². The van der Waals surface area contributed by atoms with Crippen LogP contribution in [-0.4, -0.2) is 19.6 Å². The van der Waals surface area contributed by atoms with Gasteiger partial charge in [0.15, 0.2) is 0 Å². The minimum Gasteiger partial charge on any atom is -0.379 e. The zero-order chi connectivity index (χ0) is 20.9. The van der Waals surface area contributed by atoms with Gasteiger partial charge in [0, 0.05) is 12.1 Å². The van der Waals surface area contributed by atoms with Crippen LogP contribution in [0.15, 0.2) is 82.8 Å². The van der Waals surface area contributed by atoms with E-state index in [0.717, 1.165) is 5.56 Å². The average molecular weight is 411 g/mol. The average Bonchev–Trinajstić information content (AvgIpc) is 2.70. The first-order valence-electron chi connectivity index (χ1n) is 8.48. The predicted molar refractivity (Wildman–Crippen MR) is 110 cm³/mol. The van der Waals surface area contributed by atoms with Crippen molar-refractivity contribution in [3.05, 3.63) is 94.0 Å². The van der Waals surface area contributed by atoms with E-state index >= 15 is 0 Å². The molecule has 0 aliphatic rings. The minimum atomic E-state index is -3.90. The van der Waals surface area contributed by atoms with Crippen molar-refractivity contribution in [2.45, 2.75) is 11.8 Å². The van der Waals surface area contributed by atoms with Gasteiger partial charge in [0.2, 0.25) is 0 Å². The van der Waals surface area contributed by atoms with Crippen LogP contribution < -0.4 is 9.61 Å². The van der Waals surface area contributed by atoms with Gasteiger partial charge in [-0.15, -0.1) is 0 Å². The maximum atomic E-state index is 12.3. The van der Waals surface area contributed by atoms with E-state index in [2.05, 4.69) is 10.5 Å². The number of nitrogens with zero attached hydrogens (tertiary/aromatic N) is 2. The summed E-state index contributed by atoms with van der Waals surface area (Å²) in [7, 11) is -3.90. The maximum absolute atomic E-state index is 12.3. The standard InChI is InChI=1S/C20H17N3O5S/c1-15-2-12-20(13-3-15)29(26,27)28-19-10-4-16(5-11-19)14-21-22-17-6-8-18(9-7-17)23(24)25/h2-14,22H,1H3. The fraction of sp³-hybridized carbons (Fsp3) is 0.0500. The highest BCUT2D eigenvalue weighted by Crippen LogP contribution is 2.19. The Hall–Kier alpha value is -3.72. The van der Waals surface area contributed by atoms with Crippen LogP contribution in [0.1, 0.15) is 11.1 Å². The van der Waals surface area contributed by atoms with Crippen molar-refractivity contribution < 1.29 is 17.5 Å². The highest BCUT2D eigenvalue weighted by molar-refractivity contribution is 7.87. The summed E-state index contributed by atoms with van der Waals surface area (Å²) in [6.45, 7) is 1.87. The Morgan fingerprint density at radius 2 is 1.59 bits per heavy atom. The van der Waals surface area contributed by atoms with Gasteiger partial charge < -0.3 is 4.18 Å². The second-order valence-corrected chi connectivity index (χ2v) is 7.64. The van der Waals surface area contributed by atoms with Crippen LogP contribution in [0.2, 0.25) is 0 Å². The Kier molecular flexibility index (Phi) is 5.89. The Balaban J connectivity index is 1.61. The molecule has 0 aromatic heterocycles. The van der Waals surface area contributed by atoms with Crippen LogP contribution in [-0.2, 0) is 10.1 Å². The van der Waals surface area contributed by atoms with E-state index in [1.165, 1.54) is 42.6 Å². The van der Waals surface area contributed by atoms with E-state index in [9.17, 15) is 18.5 Å². The monoisotopic (exact) mass is 411 g/mol. The summed E-state index contributed by atoms with van der Waals surface area (Å²) in [6, 6.07) is 18.6. The molecule has 0 atom stereocenters. The van der Waals surface area contributed by atoms with Gasteiger partial charge in [-0.3, -0.25) is 15.5 Å². The lowest BCUT2D eigenvalue weighted by atomic mass is 10.2.